The lowest BCUT2D eigenvalue weighted by Crippen LogP contribution is -2.45. The Bertz CT molecular complexity index is 241. The number of rotatable bonds is 3. The summed E-state index contributed by atoms with van der Waals surface area (Å²) < 4.78 is 0. The molecule has 0 aromatic carbocycles. The molecule has 0 spiro atoms. The summed E-state index contributed by atoms with van der Waals surface area (Å²) in [5.74, 6) is 1.38. The van der Waals surface area contributed by atoms with Gasteiger partial charge in [-0.3, -0.25) is 4.79 Å². The Kier molecular flexibility index (Phi) is 2.52. The van der Waals surface area contributed by atoms with Gasteiger partial charge in [0.1, 0.15) is 0 Å². The highest BCUT2D eigenvalue weighted by atomic mass is 16.3. The molecule has 3 nitrogen and oxygen atoms in total. The second-order valence-corrected chi connectivity index (χ2v) is 4.49. The fourth-order valence-corrected chi connectivity index (χ4v) is 2.81. The molecule has 0 saturated heterocycles. The number of aliphatic hydroxyl groups excluding tert-OH is 1. The maximum absolute atomic E-state index is 11.6. The quantitative estimate of drug-likeness (QED) is 0.733. The van der Waals surface area contributed by atoms with Gasteiger partial charge in [0.15, 0.2) is 0 Å². The van der Waals surface area contributed by atoms with Gasteiger partial charge in [0.25, 0.3) is 0 Å². The summed E-state index contributed by atoms with van der Waals surface area (Å²) in [5, 5.41) is 9.95. The van der Waals surface area contributed by atoms with E-state index in [-0.39, 0.29) is 18.1 Å². The Morgan fingerprint density at radius 2 is 2.14 bits per heavy atom. The molecule has 1 amide bonds. The number of amides is 1. The molecule has 2 rings (SSSR count). The number of hydrogen-bond donors (Lipinski definition) is 1. The van der Waals surface area contributed by atoms with E-state index in [0.717, 1.165) is 13.0 Å². The van der Waals surface area contributed by atoms with Gasteiger partial charge in [0.2, 0.25) is 5.91 Å². The van der Waals surface area contributed by atoms with Gasteiger partial charge in [-0.15, -0.1) is 0 Å². The first kappa shape index (κ1) is 9.97. The Morgan fingerprint density at radius 3 is 2.57 bits per heavy atom. The minimum Gasteiger partial charge on any atom is -0.391 e. The van der Waals surface area contributed by atoms with Crippen LogP contribution in [-0.2, 0) is 4.79 Å². The highest BCUT2D eigenvalue weighted by Crippen LogP contribution is 2.53. The van der Waals surface area contributed by atoms with Crippen LogP contribution in [0.5, 0.6) is 0 Å². The first-order valence-corrected chi connectivity index (χ1v) is 5.66. The molecule has 14 heavy (non-hydrogen) atoms. The van der Waals surface area contributed by atoms with E-state index in [1.54, 1.807) is 0 Å². The fraction of sp³-hybridized carbons (Fsp3) is 0.909. The van der Waals surface area contributed by atoms with Gasteiger partial charge < -0.3 is 10.0 Å². The Morgan fingerprint density at radius 1 is 1.43 bits per heavy atom. The van der Waals surface area contributed by atoms with Crippen molar-refractivity contribution in [2.45, 2.75) is 45.3 Å². The number of carbonyl (C=O) groups excluding carboxylic acids is 1. The maximum atomic E-state index is 11.6. The molecule has 0 bridgehead atoms. The zero-order valence-electron chi connectivity index (χ0n) is 8.94. The molecule has 2 aliphatic rings. The van der Waals surface area contributed by atoms with Crippen molar-refractivity contribution in [3.8, 4) is 0 Å². The van der Waals surface area contributed by atoms with Crippen LogP contribution < -0.4 is 0 Å². The van der Waals surface area contributed by atoms with Crippen molar-refractivity contribution >= 4 is 5.91 Å². The van der Waals surface area contributed by atoms with Crippen molar-refractivity contribution in [1.82, 2.24) is 4.90 Å². The molecule has 0 aromatic rings. The highest BCUT2D eigenvalue weighted by molar-refractivity contribution is 5.76. The molecule has 4 unspecified atom stereocenters. The summed E-state index contributed by atoms with van der Waals surface area (Å²) >= 11 is 0. The van der Waals surface area contributed by atoms with E-state index in [1.807, 2.05) is 18.7 Å². The van der Waals surface area contributed by atoms with Crippen LogP contribution in [0.2, 0.25) is 0 Å². The van der Waals surface area contributed by atoms with Gasteiger partial charge in [-0.05, 0) is 31.6 Å². The highest BCUT2D eigenvalue weighted by Gasteiger charge is 2.54. The van der Waals surface area contributed by atoms with Crippen LogP contribution in [-0.4, -0.2) is 34.6 Å². The molecule has 0 aromatic heterocycles. The van der Waals surface area contributed by atoms with Crippen LogP contribution in [0.4, 0.5) is 0 Å². The SMILES string of the molecule is CCC(=O)N(CC)C1CC2CC2C1O. The fourth-order valence-electron chi connectivity index (χ4n) is 2.81. The van der Waals surface area contributed by atoms with Gasteiger partial charge in [0.05, 0.1) is 12.1 Å². The van der Waals surface area contributed by atoms with Crippen LogP contribution >= 0.6 is 0 Å². The molecule has 2 saturated carbocycles. The van der Waals surface area contributed by atoms with Crippen LogP contribution in [0.1, 0.15) is 33.1 Å². The van der Waals surface area contributed by atoms with E-state index < -0.39 is 0 Å². The summed E-state index contributed by atoms with van der Waals surface area (Å²) in [6.07, 6.45) is 2.49. The topological polar surface area (TPSA) is 40.5 Å². The predicted octanol–water partition coefficient (Wildman–Crippen LogP) is 1.01. The predicted molar refractivity (Wildman–Crippen MR) is 53.7 cm³/mol. The Hall–Kier alpha value is -0.570. The maximum Gasteiger partial charge on any atom is 0.222 e. The van der Waals surface area contributed by atoms with E-state index in [2.05, 4.69) is 0 Å². The Labute approximate surface area is 85.1 Å². The third-order valence-corrected chi connectivity index (χ3v) is 3.72. The molecular formula is C11H19NO2. The van der Waals surface area contributed by atoms with Crippen molar-refractivity contribution in [3.63, 3.8) is 0 Å². The number of fused-ring (bicyclic) bond motifs is 1. The molecule has 1 N–H and O–H groups in total. The molecule has 80 valence electrons. The Balaban J connectivity index is 2.02. The first-order chi connectivity index (χ1) is 6.69. The lowest BCUT2D eigenvalue weighted by molar-refractivity contribution is -0.135. The second kappa shape index (κ2) is 3.54. The number of likely N-dealkylation sites (N-methyl/N-ethyl adjacent to an activating group) is 1. The van der Waals surface area contributed by atoms with E-state index in [0.29, 0.717) is 18.3 Å². The molecule has 4 atom stereocenters. The smallest absolute Gasteiger partial charge is 0.222 e. The van der Waals surface area contributed by atoms with Gasteiger partial charge in [-0.2, -0.15) is 0 Å². The van der Waals surface area contributed by atoms with Crippen molar-refractivity contribution < 1.29 is 9.90 Å². The lowest BCUT2D eigenvalue weighted by atomic mass is 10.1. The van der Waals surface area contributed by atoms with E-state index in [4.69, 9.17) is 0 Å². The van der Waals surface area contributed by atoms with Crippen molar-refractivity contribution in [2.75, 3.05) is 6.54 Å². The number of carbonyl (C=O) groups is 1. The summed E-state index contributed by atoms with van der Waals surface area (Å²) in [4.78, 5) is 13.5. The van der Waals surface area contributed by atoms with Crippen molar-refractivity contribution in [2.24, 2.45) is 11.8 Å². The average Bonchev–Trinajstić information content (AvgIpc) is 2.89. The summed E-state index contributed by atoms with van der Waals surface area (Å²) in [6, 6.07) is 0.108. The number of aliphatic hydroxyl groups is 1. The van der Waals surface area contributed by atoms with Crippen LogP contribution in [0, 0.1) is 11.8 Å². The normalized spacial score (nSPS) is 39.4. The number of nitrogens with zero attached hydrogens (tertiary/aromatic N) is 1. The monoisotopic (exact) mass is 197 g/mol. The lowest BCUT2D eigenvalue weighted by Gasteiger charge is -2.31. The molecule has 0 radical (unpaired) electrons. The molecule has 0 heterocycles. The van der Waals surface area contributed by atoms with Gasteiger partial charge in [0, 0.05) is 13.0 Å². The largest absolute Gasteiger partial charge is 0.391 e. The number of hydrogen-bond acceptors (Lipinski definition) is 2. The molecule has 3 heteroatoms. The average molecular weight is 197 g/mol. The molecule has 0 aliphatic heterocycles. The first-order valence-electron chi connectivity index (χ1n) is 5.66. The summed E-state index contributed by atoms with van der Waals surface area (Å²) in [6.45, 7) is 4.60. The van der Waals surface area contributed by atoms with E-state index >= 15 is 0 Å². The van der Waals surface area contributed by atoms with Gasteiger partial charge in [-0.25, -0.2) is 0 Å². The third kappa shape index (κ3) is 1.44. The van der Waals surface area contributed by atoms with Crippen molar-refractivity contribution in [3.05, 3.63) is 0 Å². The zero-order valence-corrected chi connectivity index (χ0v) is 8.94. The van der Waals surface area contributed by atoms with Crippen LogP contribution in [0.3, 0.4) is 0 Å². The van der Waals surface area contributed by atoms with Crippen LogP contribution in [0.15, 0.2) is 0 Å². The van der Waals surface area contributed by atoms with Gasteiger partial charge in [-0.1, -0.05) is 6.92 Å². The van der Waals surface area contributed by atoms with Gasteiger partial charge >= 0.3 is 0 Å². The molecule has 2 aliphatic carbocycles. The zero-order chi connectivity index (χ0) is 10.3. The summed E-state index contributed by atoms with van der Waals surface area (Å²) in [5.41, 5.74) is 0. The van der Waals surface area contributed by atoms with Crippen LogP contribution in [0.25, 0.3) is 0 Å². The molecular weight excluding hydrogens is 178 g/mol. The minimum absolute atomic E-state index is 0.108. The van der Waals surface area contributed by atoms with Crippen molar-refractivity contribution in [1.29, 1.82) is 0 Å². The summed E-state index contributed by atoms with van der Waals surface area (Å²) in [7, 11) is 0. The van der Waals surface area contributed by atoms with E-state index in [9.17, 15) is 9.90 Å². The third-order valence-electron chi connectivity index (χ3n) is 3.72. The standard InChI is InChI=1S/C11H19NO2/c1-3-10(13)12(4-2)9-6-7-5-8(7)11(9)14/h7-9,11,14H,3-6H2,1-2H3. The molecule has 2 fully saturated rings. The second-order valence-electron chi connectivity index (χ2n) is 4.49. The minimum atomic E-state index is -0.254. The van der Waals surface area contributed by atoms with E-state index in [1.165, 1.54) is 6.42 Å².